The van der Waals surface area contributed by atoms with Crippen LogP contribution in [0.3, 0.4) is 0 Å². The van der Waals surface area contributed by atoms with Gasteiger partial charge in [0.15, 0.2) is 0 Å². The number of rotatable bonds is 7. The minimum absolute atomic E-state index is 0.438. The Bertz CT molecular complexity index is 1450. The fourth-order valence-corrected chi connectivity index (χ4v) is 3.80. The van der Waals surface area contributed by atoms with E-state index in [2.05, 4.69) is 15.3 Å². The molecule has 0 fully saturated rings. The van der Waals surface area contributed by atoms with Gasteiger partial charge in [0.05, 0.1) is 16.1 Å². The third kappa shape index (κ3) is 5.62. The summed E-state index contributed by atoms with van der Waals surface area (Å²) in [6.45, 7) is 0.496. The van der Waals surface area contributed by atoms with Gasteiger partial charge in [-0.1, -0.05) is 54.1 Å². The Morgan fingerprint density at radius 2 is 1.63 bits per heavy atom. The van der Waals surface area contributed by atoms with Crippen LogP contribution in [0.25, 0.3) is 22.4 Å². The first-order valence-electron chi connectivity index (χ1n) is 11.2. The summed E-state index contributed by atoms with van der Waals surface area (Å²) in [5, 5.41) is 3.33. The first-order valence-corrected chi connectivity index (χ1v) is 11.5. The standard InChI is InChI=1S/C28H22ClN3O3/c29-23-8-4-5-9-26(23)34-21-12-10-20(11-13-21)27-31-24-15-14-22(18-25(24)32-27)35-28(33)30-17-16-19-6-2-1-3-7-19/h1-15,18H,16-17H2,(H,30,33)(H,31,32). The van der Waals surface area contributed by atoms with E-state index >= 15 is 0 Å². The molecule has 5 aromatic rings. The van der Waals surface area contributed by atoms with Gasteiger partial charge in [0.1, 0.15) is 23.1 Å². The highest BCUT2D eigenvalue weighted by atomic mass is 35.5. The van der Waals surface area contributed by atoms with Gasteiger partial charge in [-0.3, -0.25) is 0 Å². The van der Waals surface area contributed by atoms with Crippen molar-refractivity contribution in [3.63, 3.8) is 0 Å². The lowest BCUT2D eigenvalue weighted by Crippen LogP contribution is -2.28. The van der Waals surface area contributed by atoms with Crippen LogP contribution < -0.4 is 14.8 Å². The average Bonchev–Trinajstić information content (AvgIpc) is 3.30. The molecule has 0 spiro atoms. The van der Waals surface area contributed by atoms with Crippen LogP contribution in [0, 0.1) is 0 Å². The van der Waals surface area contributed by atoms with Crippen molar-refractivity contribution < 1.29 is 14.3 Å². The number of imidazole rings is 1. The smallest absolute Gasteiger partial charge is 0.412 e. The van der Waals surface area contributed by atoms with Crippen molar-refractivity contribution in [2.75, 3.05) is 6.54 Å². The Kier molecular flexibility index (Phi) is 6.63. The highest BCUT2D eigenvalue weighted by Crippen LogP contribution is 2.30. The number of nitrogens with zero attached hydrogens (tertiary/aromatic N) is 1. The van der Waals surface area contributed by atoms with E-state index < -0.39 is 6.09 Å². The van der Waals surface area contributed by atoms with Crippen LogP contribution in [0.1, 0.15) is 5.56 Å². The summed E-state index contributed by atoms with van der Waals surface area (Å²) in [5.74, 6) is 2.41. The number of hydrogen-bond donors (Lipinski definition) is 2. The molecular formula is C28H22ClN3O3. The molecule has 1 aromatic heterocycles. The lowest BCUT2D eigenvalue weighted by molar-refractivity contribution is 0.200. The number of benzene rings is 4. The Labute approximate surface area is 207 Å². The molecule has 0 atom stereocenters. The molecule has 1 heterocycles. The number of fused-ring (bicyclic) bond motifs is 1. The van der Waals surface area contributed by atoms with Gasteiger partial charge in [-0.05, 0) is 60.5 Å². The van der Waals surface area contributed by atoms with Gasteiger partial charge in [0.2, 0.25) is 0 Å². The van der Waals surface area contributed by atoms with E-state index in [0.29, 0.717) is 34.6 Å². The van der Waals surface area contributed by atoms with Crippen LogP contribution in [0.15, 0.2) is 97.1 Å². The minimum atomic E-state index is -0.492. The molecular weight excluding hydrogens is 462 g/mol. The highest BCUT2D eigenvalue weighted by molar-refractivity contribution is 6.32. The second kappa shape index (κ2) is 10.3. The maximum Gasteiger partial charge on any atom is 0.412 e. The van der Waals surface area contributed by atoms with Crippen molar-refractivity contribution in [2.24, 2.45) is 0 Å². The van der Waals surface area contributed by atoms with Gasteiger partial charge in [-0.2, -0.15) is 0 Å². The maximum absolute atomic E-state index is 12.2. The summed E-state index contributed by atoms with van der Waals surface area (Å²) in [6.07, 6.45) is 0.246. The van der Waals surface area contributed by atoms with Crippen molar-refractivity contribution >= 4 is 28.7 Å². The number of carbonyl (C=O) groups is 1. The molecule has 174 valence electrons. The summed E-state index contributed by atoms with van der Waals surface area (Å²) >= 11 is 6.17. The second-order valence-corrected chi connectivity index (χ2v) is 8.28. The molecule has 5 rings (SSSR count). The van der Waals surface area contributed by atoms with Crippen LogP contribution in [0.5, 0.6) is 17.2 Å². The van der Waals surface area contributed by atoms with Gasteiger partial charge >= 0.3 is 6.09 Å². The predicted octanol–water partition coefficient (Wildman–Crippen LogP) is 7.01. The van der Waals surface area contributed by atoms with Crippen molar-refractivity contribution in [3.8, 4) is 28.6 Å². The maximum atomic E-state index is 12.2. The fraction of sp³-hybridized carbons (Fsp3) is 0.0714. The quantitative estimate of drug-likeness (QED) is 0.261. The summed E-state index contributed by atoms with van der Waals surface area (Å²) in [5.41, 5.74) is 3.59. The summed E-state index contributed by atoms with van der Waals surface area (Å²) < 4.78 is 11.3. The molecule has 35 heavy (non-hydrogen) atoms. The van der Waals surface area contributed by atoms with Gasteiger partial charge < -0.3 is 19.8 Å². The molecule has 0 unspecified atom stereocenters. The number of aromatic amines is 1. The molecule has 4 aromatic carbocycles. The molecule has 1 amide bonds. The van der Waals surface area contributed by atoms with Gasteiger partial charge in [-0.25, -0.2) is 9.78 Å². The lowest BCUT2D eigenvalue weighted by atomic mass is 10.1. The number of ether oxygens (including phenoxy) is 2. The summed E-state index contributed by atoms with van der Waals surface area (Å²) in [7, 11) is 0. The van der Waals surface area contributed by atoms with Crippen molar-refractivity contribution in [2.45, 2.75) is 6.42 Å². The van der Waals surface area contributed by atoms with Crippen LogP contribution in [0.4, 0.5) is 4.79 Å². The number of aromatic nitrogens is 2. The van der Waals surface area contributed by atoms with Crippen LogP contribution in [-0.2, 0) is 6.42 Å². The zero-order valence-corrected chi connectivity index (χ0v) is 19.5. The summed E-state index contributed by atoms with van der Waals surface area (Å²) in [6, 6.07) is 30.2. The molecule has 0 aliphatic carbocycles. The van der Waals surface area contributed by atoms with Gasteiger partial charge in [0.25, 0.3) is 0 Å². The number of amides is 1. The van der Waals surface area contributed by atoms with Crippen LogP contribution in [-0.4, -0.2) is 22.6 Å². The molecule has 7 heteroatoms. The highest BCUT2D eigenvalue weighted by Gasteiger charge is 2.10. The number of halogens is 1. The Hall–Kier alpha value is -4.29. The molecule has 0 radical (unpaired) electrons. The molecule has 0 aliphatic rings. The number of carbonyl (C=O) groups excluding carboxylic acids is 1. The van der Waals surface area contributed by atoms with E-state index in [9.17, 15) is 4.79 Å². The minimum Gasteiger partial charge on any atom is -0.456 e. The number of nitrogens with one attached hydrogen (secondary N) is 2. The Morgan fingerprint density at radius 3 is 2.43 bits per heavy atom. The fourth-order valence-electron chi connectivity index (χ4n) is 3.62. The van der Waals surface area contributed by atoms with E-state index in [4.69, 9.17) is 21.1 Å². The lowest BCUT2D eigenvalue weighted by Gasteiger charge is -2.07. The Balaban J connectivity index is 1.22. The zero-order chi connectivity index (χ0) is 24.0. The average molecular weight is 484 g/mol. The van der Waals surface area contributed by atoms with E-state index in [1.807, 2.05) is 78.9 Å². The molecule has 0 bridgehead atoms. The number of hydrogen-bond acceptors (Lipinski definition) is 4. The normalized spacial score (nSPS) is 10.8. The van der Waals surface area contributed by atoms with E-state index in [-0.39, 0.29) is 0 Å². The topological polar surface area (TPSA) is 76.2 Å². The van der Waals surface area contributed by atoms with E-state index in [0.717, 1.165) is 28.6 Å². The van der Waals surface area contributed by atoms with E-state index in [1.54, 1.807) is 18.2 Å². The first-order chi connectivity index (χ1) is 17.1. The SMILES string of the molecule is O=C(NCCc1ccccc1)Oc1ccc2nc(-c3ccc(Oc4ccccc4Cl)cc3)[nH]c2c1. The van der Waals surface area contributed by atoms with Crippen LogP contribution >= 0.6 is 11.6 Å². The largest absolute Gasteiger partial charge is 0.456 e. The monoisotopic (exact) mass is 483 g/mol. The Morgan fingerprint density at radius 1 is 0.886 bits per heavy atom. The van der Waals surface area contributed by atoms with Crippen LogP contribution in [0.2, 0.25) is 5.02 Å². The third-order valence-electron chi connectivity index (χ3n) is 5.38. The molecule has 0 saturated carbocycles. The first kappa shape index (κ1) is 22.5. The molecule has 0 saturated heterocycles. The predicted molar refractivity (Wildman–Crippen MR) is 137 cm³/mol. The number of H-pyrrole nitrogens is 1. The van der Waals surface area contributed by atoms with Crippen molar-refractivity contribution in [1.82, 2.24) is 15.3 Å². The van der Waals surface area contributed by atoms with Crippen molar-refractivity contribution in [3.05, 3.63) is 108 Å². The number of para-hydroxylation sites is 1. The van der Waals surface area contributed by atoms with Crippen molar-refractivity contribution in [1.29, 1.82) is 0 Å². The summed E-state index contributed by atoms with van der Waals surface area (Å²) in [4.78, 5) is 20.1. The second-order valence-electron chi connectivity index (χ2n) is 7.87. The molecule has 0 aliphatic heterocycles. The van der Waals surface area contributed by atoms with Gasteiger partial charge in [0, 0.05) is 18.2 Å². The molecule has 6 nitrogen and oxygen atoms in total. The van der Waals surface area contributed by atoms with Gasteiger partial charge in [-0.15, -0.1) is 0 Å². The zero-order valence-electron chi connectivity index (χ0n) is 18.7. The molecule has 2 N–H and O–H groups in total. The van der Waals surface area contributed by atoms with E-state index in [1.165, 1.54) is 0 Å². The third-order valence-corrected chi connectivity index (χ3v) is 5.69.